The molecule has 1 saturated heterocycles. The first kappa shape index (κ1) is 12.9. The van der Waals surface area contributed by atoms with Crippen molar-refractivity contribution in [3.05, 3.63) is 22.4 Å². The molecule has 3 nitrogen and oxygen atoms in total. The van der Waals surface area contributed by atoms with Crippen LogP contribution in [0, 0.1) is 0 Å². The van der Waals surface area contributed by atoms with Gasteiger partial charge >= 0.3 is 0 Å². The smallest absolute Gasteiger partial charge is 0.244 e. The second-order valence-electron chi connectivity index (χ2n) is 4.86. The Morgan fingerprint density at radius 1 is 1.59 bits per heavy atom. The summed E-state index contributed by atoms with van der Waals surface area (Å²) in [5, 5.41) is 1.96. The molecule has 0 saturated carbocycles. The highest BCUT2D eigenvalue weighted by molar-refractivity contribution is 8.00. The van der Waals surface area contributed by atoms with Crippen molar-refractivity contribution in [3.8, 4) is 0 Å². The zero-order valence-electron chi connectivity index (χ0n) is 10.2. The van der Waals surface area contributed by atoms with E-state index in [0.29, 0.717) is 0 Å². The summed E-state index contributed by atoms with van der Waals surface area (Å²) < 4.78 is 0.142. The fourth-order valence-corrected chi connectivity index (χ4v) is 3.82. The van der Waals surface area contributed by atoms with Crippen molar-refractivity contribution in [1.82, 2.24) is 4.90 Å². The minimum atomic E-state index is -0.492. The number of amides is 1. The molecule has 1 aliphatic rings. The van der Waals surface area contributed by atoms with Gasteiger partial charge in [0.25, 0.3) is 0 Å². The standard InChI is InChI=1S/C12H18N2OS2/c1-12(2)8-14(5-7-17-12)11(15)10(13)9-4-3-6-16-9/h3-4,6,10H,5,7-8,13H2,1-2H3. The van der Waals surface area contributed by atoms with Crippen molar-refractivity contribution >= 4 is 29.0 Å². The molecule has 5 heteroatoms. The highest BCUT2D eigenvalue weighted by Crippen LogP contribution is 2.31. The second kappa shape index (κ2) is 5.00. The van der Waals surface area contributed by atoms with Crippen LogP contribution < -0.4 is 5.73 Å². The van der Waals surface area contributed by atoms with E-state index in [1.54, 1.807) is 11.3 Å². The Labute approximate surface area is 110 Å². The molecule has 1 amide bonds. The van der Waals surface area contributed by atoms with E-state index < -0.39 is 6.04 Å². The Bertz CT molecular complexity index is 389. The molecule has 0 aromatic carbocycles. The summed E-state index contributed by atoms with van der Waals surface area (Å²) in [5.74, 6) is 1.05. The molecule has 1 aromatic heterocycles. The molecule has 0 bridgehead atoms. The summed E-state index contributed by atoms with van der Waals surface area (Å²) in [4.78, 5) is 15.1. The van der Waals surface area contributed by atoms with E-state index >= 15 is 0 Å². The zero-order valence-corrected chi connectivity index (χ0v) is 11.8. The summed E-state index contributed by atoms with van der Waals surface area (Å²) in [6.45, 7) is 5.95. The number of thiophene rings is 1. The maximum atomic E-state index is 12.3. The average molecular weight is 270 g/mol. The Balaban J connectivity index is 2.05. The van der Waals surface area contributed by atoms with Crippen LogP contribution >= 0.6 is 23.1 Å². The number of thioether (sulfide) groups is 1. The molecular weight excluding hydrogens is 252 g/mol. The minimum Gasteiger partial charge on any atom is -0.339 e. The molecule has 1 atom stereocenters. The third kappa shape index (κ3) is 3.03. The molecule has 0 radical (unpaired) electrons. The van der Waals surface area contributed by atoms with Crippen LogP contribution in [0.15, 0.2) is 17.5 Å². The summed E-state index contributed by atoms with van der Waals surface area (Å²) in [5.41, 5.74) is 6.01. The van der Waals surface area contributed by atoms with Gasteiger partial charge in [-0.15, -0.1) is 11.3 Å². The van der Waals surface area contributed by atoms with Crippen LogP contribution in [-0.4, -0.2) is 34.4 Å². The highest BCUT2D eigenvalue weighted by atomic mass is 32.2. The van der Waals surface area contributed by atoms with Crippen molar-refractivity contribution in [2.45, 2.75) is 24.6 Å². The van der Waals surface area contributed by atoms with Crippen LogP contribution in [0.3, 0.4) is 0 Å². The van der Waals surface area contributed by atoms with Gasteiger partial charge in [0, 0.05) is 28.5 Å². The second-order valence-corrected chi connectivity index (χ2v) is 7.64. The van der Waals surface area contributed by atoms with Crippen molar-refractivity contribution in [2.24, 2.45) is 5.73 Å². The molecule has 17 heavy (non-hydrogen) atoms. The number of hydrogen-bond donors (Lipinski definition) is 1. The lowest BCUT2D eigenvalue weighted by molar-refractivity contribution is -0.132. The maximum absolute atomic E-state index is 12.3. The van der Waals surface area contributed by atoms with Crippen LogP contribution in [0.1, 0.15) is 24.8 Å². The Morgan fingerprint density at radius 3 is 2.94 bits per heavy atom. The number of hydrogen-bond acceptors (Lipinski definition) is 4. The Morgan fingerprint density at radius 2 is 2.35 bits per heavy atom. The van der Waals surface area contributed by atoms with Crippen LogP contribution in [0.2, 0.25) is 0 Å². The summed E-state index contributed by atoms with van der Waals surface area (Å²) in [6, 6.07) is 3.37. The minimum absolute atomic E-state index is 0.0563. The highest BCUT2D eigenvalue weighted by Gasteiger charge is 2.32. The predicted octanol–water partition coefficient (Wildman–Crippen LogP) is 2.10. The fraction of sp³-hybridized carbons (Fsp3) is 0.583. The SMILES string of the molecule is CC1(C)CN(C(=O)C(N)c2cccs2)CCS1. The number of rotatable bonds is 2. The van der Waals surface area contributed by atoms with Crippen LogP contribution in [-0.2, 0) is 4.79 Å². The van der Waals surface area contributed by atoms with Gasteiger partial charge < -0.3 is 10.6 Å². The quantitative estimate of drug-likeness (QED) is 0.895. The molecule has 94 valence electrons. The molecule has 1 fully saturated rings. The van der Waals surface area contributed by atoms with Gasteiger partial charge in [0.15, 0.2) is 0 Å². The topological polar surface area (TPSA) is 46.3 Å². The van der Waals surface area contributed by atoms with E-state index in [0.717, 1.165) is 23.7 Å². The summed E-state index contributed by atoms with van der Waals surface area (Å²) in [6.07, 6.45) is 0. The van der Waals surface area contributed by atoms with Crippen molar-refractivity contribution in [1.29, 1.82) is 0 Å². The van der Waals surface area contributed by atoms with Crippen LogP contribution in [0.5, 0.6) is 0 Å². The van der Waals surface area contributed by atoms with Crippen LogP contribution in [0.25, 0.3) is 0 Å². The molecule has 2 N–H and O–H groups in total. The predicted molar refractivity (Wildman–Crippen MR) is 74.4 cm³/mol. The number of nitrogens with two attached hydrogens (primary N) is 1. The Kier molecular flexibility index (Phi) is 3.80. The van der Waals surface area contributed by atoms with E-state index in [1.165, 1.54) is 0 Å². The molecule has 0 spiro atoms. The van der Waals surface area contributed by atoms with Crippen molar-refractivity contribution < 1.29 is 4.79 Å². The monoisotopic (exact) mass is 270 g/mol. The van der Waals surface area contributed by atoms with E-state index in [4.69, 9.17) is 5.73 Å². The van der Waals surface area contributed by atoms with Gasteiger partial charge in [-0.25, -0.2) is 0 Å². The van der Waals surface area contributed by atoms with Gasteiger partial charge in [-0.3, -0.25) is 4.79 Å². The normalized spacial score (nSPS) is 21.2. The molecule has 2 heterocycles. The van der Waals surface area contributed by atoms with Gasteiger partial charge in [0.1, 0.15) is 6.04 Å². The number of carbonyl (C=O) groups is 1. The van der Waals surface area contributed by atoms with E-state index in [1.807, 2.05) is 34.2 Å². The van der Waals surface area contributed by atoms with Gasteiger partial charge in [0.05, 0.1) is 0 Å². The summed E-state index contributed by atoms with van der Waals surface area (Å²) >= 11 is 3.46. The largest absolute Gasteiger partial charge is 0.339 e. The fourth-order valence-electron chi connectivity index (χ4n) is 1.99. The van der Waals surface area contributed by atoms with Gasteiger partial charge in [-0.05, 0) is 25.3 Å². The first-order valence-corrected chi connectivity index (χ1v) is 7.58. The lowest BCUT2D eigenvalue weighted by Gasteiger charge is -2.38. The molecule has 1 aromatic rings. The number of carbonyl (C=O) groups excluding carboxylic acids is 1. The van der Waals surface area contributed by atoms with E-state index in [-0.39, 0.29) is 10.7 Å². The lowest BCUT2D eigenvalue weighted by Crippen LogP contribution is -2.49. The first-order chi connectivity index (χ1) is 7.99. The third-order valence-corrected chi connectivity index (χ3v) is 5.11. The van der Waals surface area contributed by atoms with Crippen molar-refractivity contribution in [3.63, 3.8) is 0 Å². The molecule has 2 rings (SSSR count). The van der Waals surface area contributed by atoms with Gasteiger partial charge in [0.2, 0.25) is 5.91 Å². The molecule has 1 aliphatic heterocycles. The van der Waals surface area contributed by atoms with E-state index in [2.05, 4.69) is 13.8 Å². The Hall–Kier alpha value is -0.520. The molecule has 1 unspecified atom stereocenters. The third-order valence-electron chi connectivity index (χ3n) is 2.85. The number of nitrogens with zero attached hydrogens (tertiary/aromatic N) is 1. The van der Waals surface area contributed by atoms with Crippen molar-refractivity contribution in [2.75, 3.05) is 18.8 Å². The first-order valence-electron chi connectivity index (χ1n) is 5.71. The zero-order chi connectivity index (χ0) is 12.5. The van der Waals surface area contributed by atoms with Crippen LogP contribution in [0.4, 0.5) is 0 Å². The van der Waals surface area contributed by atoms with Gasteiger partial charge in [-0.2, -0.15) is 11.8 Å². The van der Waals surface area contributed by atoms with E-state index in [9.17, 15) is 4.79 Å². The molecule has 0 aliphatic carbocycles. The maximum Gasteiger partial charge on any atom is 0.244 e. The van der Waals surface area contributed by atoms with Gasteiger partial charge in [-0.1, -0.05) is 6.07 Å². The molecular formula is C12H18N2OS2. The average Bonchev–Trinajstić information content (AvgIpc) is 2.79. The lowest BCUT2D eigenvalue weighted by atomic mass is 10.1. The summed E-state index contributed by atoms with van der Waals surface area (Å²) in [7, 11) is 0.